The van der Waals surface area contributed by atoms with Crippen LogP contribution in [0.1, 0.15) is 22.8 Å². The van der Waals surface area contributed by atoms with E-state index in [9.17, 15) is 19.7 Å². The molecule has 7 nitrogen and oxygen atoms in total. The Kier molecular flexibility index (Phi) is 6.18. The number of halogens is 2. The van der Waals surface area contributed by atoms with Crippen molar-refractivity contribution in [3.8, 4) is 0 Å². The maximum Gasteiger partial charge on any atom is 0.339 e. The number of carbonyl (C=O) groups is 2. The second kappa shape index (κ2) is 8.16. The Morgan fingerprint density at radius 2 is 1.88 bits per heavy atom. The van der Waals surface area contributed by atoms with Gasteiger partial charge in [-0.05, 0) is 43.7 Å². The summed E-state index contributed by atoms with van der Waals surface area (Å²) in [5.74, 6) is -1.44. The maximum absolute atomic E-state index is 12.2. The second-order valence-corrected chi connectivity index (χ2v) is 6.26. The fourth-order valence-corrected chi connectivity index (χ4v) is 2.38. The van der Waals surface area contributed by atoms with E-state index in [1.165, 1.54) is 19.1 Å². The first-order valence-electron chi connectivity index (χ1n) is 7.41. The van der Waals surface area contributed by atoms with Crippen LogP contribution in [0.5, 0.6) is 0 Å². The Labute approximate surface area is 159 Å². The van der Waals surface area contributed by atoms with Crippen molar-refractivity contribution in [2.45, 2.75) is 20.0 Å². The molecule has 2 aromatic carbocycles. The van der Waals surface area contributed by atoms with Crippen molar-refractivity contribution in [1.29, 1.82) is 0 Å². The number of anilines is 1. The average Bonchev–Trinajstić information content (AvgIpc) is 2.58. The highest BCUT2D eigenvalue weighted by atomic mass is 35.5. The molecule has 0 heterocycles. The van der Waals surface area contributed by atoms with Gasteiger partial charge in [0.25, 0.3) is 11.6 Å². The molecule has 9 heteroatoms. The number of hydrogen-bond donors (Lipinski definition) is 1. The fraction of sp³-hybridized carbons (Fsp3) is 0.176. The molecule has 0 aliphatic heterocycles. The largest absolute Gasteiger partial charge is 0.449 e. The minimum atomic E-state index is -1.13. The molecular formula is C17H14Cl2N2O5. The zero-order chi connectivity index (χ0) is 19.4. The lowest BCUT2D eigenvalue weighted by molar-refractivity contribution is -0.384. The predicted octanol–water partition coefficient (Wildman–Crippen LogP) is 4.39. The molecule has 0 bridgehead atoms. The lowest BCUT2D eigenvalue weighted by Crippen LogP contribution is -2.30. The van der Waals surface area contributed by atoms with Gasteiger partial charge in [-0.1, -0.05) is 29.3 Å². The SMILES string of the molecule is Cc1ccc(Cl)cc1NC(=O)[C@H](C)OC(=O)c1ccc(Cl)c([N+](=O)[O-])c1. The standard InChI is InChI=1S/C17H14Cl2N2O5/c1-9-3-5-12(18)8-14(9)20-16(22)10(2)26-17(23)11-4-6-13(19)15(7-11)21(24)25/h3-8,10H,1-2H3,(H,20,22)/t10-/m0/s1. The van der Waals surface area contributed by atoms with Crippen LogP contribution in [0, 0.1) is 17.0 Å². The van der Waals surface area contributed by atoms with Crippen LogP contribution in [0.25, 0.3) is 0 Å². The molecule has 0 saturated carbocycles. The highest BCUT2D eigenvalue weighted by Crippen LogP contribution is 2.25. The number of aryl methyl sites for hydroxylation is 1. The first-order valence-corrected chi connectivity index (χ1v) is 8.16. The van der Waals surface area contributed by atoms with E-state index in [1.54, 1.807) is 25.1 Å². The van der Waals surface area contributed by atoms with Crippen molar-refractivity contribution in [1.82, 2.24) is 0 Å². The summed E-state index contributed by atoms with van der Waals surface area (Å²) < 4.78 is 5.07. The number of hydrogen-bond acceptors (Lipinski definition) is 5. The molecule has 0 spiro atoms. The van der Waals surface area contributed by atoms with Crippen LogP contribution in [0.2, 0.25) is 10.0 Å². The Hall–Kier alpha value is -2.64. The molecule has 2 aromatic rings. The third-order valence-corrected chi connectivity index (χ3v) is 4.04. The minimum absolute atomic E-state index is 0.0836. The highest BCUT2D eigenvalue weighted by Gasteiger charge is 2.22. The molecule has 2 rings (SSSR count). The smallest absolute Gasteiger partial charge is 0.339 e. The number of esters is 1. The Bertz CT molecular complexity index is 885. The predicted molar refractivity (Wildman–Crippen MR) is 97.8 cm³/mol. The first kappa shape index (κ1) is 19.7. The topological polar surface area (TPSA) is 98.5 Å². The summed E-state index contributed by atoms with van der Waals surface area (Å²) in [6.07, 6.45) is -1.13. The van der Waals surface area contributed by atoms with Crippen LogP contribution in [0.4, 0.5) is 11.4 Å². The summed E-state index contributed by atoms with van der Waals surface area (Å²) in [6.45, 7) is 3.17. The van der Waals surface area contributed by atoms with Gasteiger partial charge in [-0.3, -0.25) is 14.9 Å². The van der Waals surface area contributed by atoms with E-state index < -0.39 is 28.6 Å². The highest BCUT2D eigenvalue weighted by molar-refractivity contribution is 6.32. The van der Waals surface area contributed by atoms with Gasteiger partial charge in [-0.2, -0.15) is 0 Å². The normalized spacial score (nSPS) is 11.5. The first-order chi connectivity index (χ1) is 12.2. The van der Waals surface area contributed by atoms with E-state index in [4.69, 9.17) is 27.9 Å². The summed E-state index contributed by atoms with van der Waals surface area (Å²) >= 11 is 11.6. The van der Waals surface area contributed by atoms with Crippen LogP contribution in [0.15, 0.2) is 36.4 Å². The van der Waals surface area contributed by atoms with Crippen LogP contribution < -0.4 is 5.32 Å². The summed E-state index contributed by atoms with van der Waals surface area (Å²) in [5.41, 5.74) is 0.773. The average molecular weight is 397 g/mol. The molecule has 0 radical (unpaired) electrons. The molecule has 0 aromatic heterocycles. The lowest BCUT2D eigenvalue weighted by Gasteiger charge is -2.15. The van der Waals surface area contributed by atoms with Gasteiger partial charge < -0.3 is 10.1 Å². The number of benzene rings is 2. The van der Waals surface area contributed by atoms with Gasteiger partial charge in [0.05, 0.1) is 10.5 Å². The molecule has 136 valence electrons. The number of rotatable bonds is 5. The van der Waals surface area contributed by atoms with Gasteiger partial charge in [-0.25, -0.2) is 4.79 Å². The molecular weight excluding hydrogens is 383 g/mol. The van der Waals surface area contributed by atoms with Crippen LogP contribution >= 0.6 is 23.2 Å². The molecule has 1 N–H and O–H groups in total. The van der Waals surface area contributed by atoms with Gasteiger partial charge in [0.1, 0.15) is 5.02 Å². The Morgan fingerprint density at radius 1 is 1.19 bits per heavy atom. The summed E-state index contributed by atoms with van der Waals surface area (Å²) in [4.78, 5) is 34.5. The molecule has 1 atom stereocenters. The maximum atomic E-state index is 12.2. The molecule has 0 aliphatic carbocycles. The van der Waals surface area contributed by atoms with E-state index in [1.807, 2.05) is 0 Å². The second-order valence-electron chi connectivity index (χ2n) is 5.42. The summed E-state index contributed by atoms with van der Waals surface area (Å²) in [7, 11) is 0. The van der Waals surface area contributed by atoms with E-state index in [0.717, 1.165) is 11.6 Å². The van der Waals surface area contributed by atoms with E-state index in [0.29, 0.717) is 10.7 Å². The van der Waals surface area contributed by atoms with Crippen molar-refractivity contribution in [2.75, 3.05) is 5.32 Å². The third-order valence-electron chi connectivity index (χ3n) is 3.49. The van der Waals surface area contributed by atoms with Crippen LogP contribution in [-0.2, 0) is 9.53 Å². The third kappa shape index (κ3) is 4.71. The number of amides is 1. The van der Waals surface area contributed by atoms with Gasteiger partial charge in [0.2, 0.25) is 0 Å². The number of ether oxygens (including phenoxy) is 1. The summed E-state index contributed by atoms with van der Waals surface area (Å²) in [6, 6.07) is 8.49. The van der Waals surface area contributed by atoms with E-state index in [2.05, 4.69) is 5.32 Å². The number of carbonyl (C=O) groups excluding carboxylic acids is 2. The molecule has 0 unspecified atom stereocenters. The van der Waals surface area contributed by atoms with Crippen LogP contribution in [0.3, 0.4) is 0 Å². The van der Waals surface area contributed by atoms with Crippen molar-refractivity contribution in [3.05, 3.63) is 67.7 Å². The number of nitrogens with one attached hydrogen (secondary N) is 1. The number of nitrogens with zero attached hydrogens (tertiary/aromatic N) is 1. The number of nitro benzene ring substituents is 1. The Morgan fingerprint density at radius 3 is 2.54 bits per heavy atom. The Balaban J connectivity index is 2.09. The van der Waals surface area contributed by atoms with Gasteiger partial charge >= 0.3 is 5.97 Å². The van der Waals surface area contributed by atoms with Crippen LogP contribution in [-0.4, -0.2) is 22.9 Å². The summed E-state index contributed by atoms with van der Waals surface area (Å²) in [5, 5.41) is 13.8. The van der Waals surface area contributed by atoms with Crippen molar-refractivity contribution in [2.24, 2.45) is 0 Å². The van der Waals surface area contributed by atoms with Crippen molar-refractivity contribution in [3.63, 3.8) is 0 Å². The van der Waals surface area contributed by atoms with Crippen molar-refractivity contribution < 1.29 is 19.2 Å². The van der Waals surface area contributed by atoms with Gasteiger partial charge in [0, 0.05) is 16.8 Å². The van der Waals surface area contributed by atoms with E-state index >= 15 is 0 Å². The lowest BCUT2D eigenvalue weighted by atomic mass is 10.2. The minimum Gasteiger partial charge on any atom is -0.449 e. The molecule has 0 saturated heterocycles. The molecule has 0 fully saturated rings. The quantitative estimate of drug-likeness (QED) is 0.458. The molecule has 26 heavy (non-hydrogen) atoms. The van der Waals surface area contributed by atoms with Gasteiger partial charge in [-0.15, -0.1) is 0 Å². The fourth-order valence-electron chi connectivity index (χ4n) is 2.02. The zero-order valence-electron chi connectivity index (χ0n) is 13.8. The molecule has 1 amide bonds. The van der Waals surface area contributed by atoms with Crippen molar-refractivity contribution >= 4 is 46.5 Å². The zero-order valence-corrected chi connectivity index (χ0v) is 15.3. The molecule has 0 aliphatic rings. The van der Waals surface area contributed by atoms with Gasteiger partial charge in [0.15, 0.2) is 6.10 Å². The van der Waals surface area contributed by atoms with E-state index in [-0.39, 0.29) is 10.6 Å². The monoisotopic (exact) mass is 396 g/mol. The number of nitro groups is 1.